The van der Waals surface area contributed by atoms with Crippen LogP contribution in [0.5, 0.6) is 5.88 Å². The number of methoxy groups -OCH3 is 1. The van der Waals surface area contributed by atoms with E-state index in [4.69, 9.17) is 10.5 Å². The first-order chi connectivity index (χ1) is 8.22. The molecule has 0 saturated carbocycles. The molecule has 0 unspecified atom stereocenters. The summed E-state index contributed by atoms with van der Waals surface area (Å²) in [5.74, 6) is 1.83. The average molecular weight is 234 g/mol. The summed E-state index contributed by atoms with van der Waals surface area (Å²) in [5.41, 5.74) is 7.43. The van der Waals surface area contributed by atoms with Gasteiger partial charge in [0.2, 0.25) is 5.88 Å². The molecule has 0 aromatic carbocycles. The van der Waals surface area contributed by atoms with Crippen molar-refractivity contribution in [1.29, 1.82) is 0 Å². The molecule has 90 valence electrons. The molecule has 2 aromatic heterocycles. The molecule has 0 saturated heterocycles. The summed E-state index contributed by atoms with van der Waals surface area (Å²) in [7, 11) is 1.58. The first-order valence-electron chi connectivity index (χ1n) is 5.09. The molecule has 2 aromatic rings. The monoisotopic (exact) mass is 234 g/mol. The molecule has 0 aliphatic rings. The van der Waals surface area contributed by atoms with Gasteiger partial charge in [0.1, 0.15) is 18.0 Å². The fourth-order valence-corrected chi connectivity index (χ4v) is 1.46. The number of hydrogen-bond donors (Lipinski definition) is 3. The largest absolute Gasteiger partial charge is 0.481 e. The van der Waals surface area contributed by atoms with E-state index in [1.807, 2.05) is 6.92 Å². The van der Waals surface area contributed by atoms with E-state index in [0.29, 0.717) is 18.2 Å². The summed E-state index contributed by atoms with van der Waals surface area (Å²) in [4.78, 5) is 8.15. The number of aromatic nitrogens is 4. The van der Waals surface area contributed by atoms with Crippen molar-refractivity contribution >= 4 is 11.6 Å². The highest BCUT2D eigenvalue weighted by molar-refractivity contribution is 5.49. The van der Waals surface area contributed by atoms with Crippen LogP contribution >= 0.6 is 0 Å². The summed E-state index contributed by atoms with van der Waals surface area (Å²) in [6.07, 6.45) is 3.13. The summed E-state index contributed by atoms with van der Waals surface area (Å²) in [6.45, 7) is 2.43. The van der Waals surface area contributed by atoms with Gasteiger partial charge in [0.05, 0.1) is 18.9 Å². The Hall–Kier alpha value is -2.31. The van der Waals surface area contributed by atoms with Crippen molar-refractivity contribution < 1.29 is 4.74 Å². The van der Waals surface area contributed by atoms with Gasteiger partial charge >= 0.3 is 0 Å². The second-order valence-corrected chi connectivity index (χ2v) is 3.52. The van der Waals surface area contributed by atoms with E-state index in [9.17, 15) is 0 Å². The highest BCUT2D eigenvalue weighted by atomic mass is 16.5. The number of rotatable bonds is 4. The minimum absolute atomic E-state index is 0.545. The predicted molar refractivity (Wildman–Crippen MR) is 63.6 cm³/mol. The Morgan fingerprint density at radius 1 is 1.47 bits per heavy atom. The van der Waals surface area contributed by atoms with E-state index in [1.165, 1.54) is 6.33 Å². The lowest BCUT2D eigenvalue weighted by molar-refractivity contribution is 0.393. The average Bonchev–Trinajstić information content (AvgIpc) is 2.74. The van der Waals surface area contributed by atoms with E-state index in [1.54, 1.807) is 13.3 Å². The second kappa shape index (κ2) is 4.69. The van der Waals surface area contributed by atoms with Crippen molar-refractivity contribution in [2.45, 2.75) is 13.5 Å². The van der Waals surface area contributed by atoms with Gasteiger partial charge in [-0.05, 0) is 6.92 Å². The third-order valence-corrected chi connectivity index (χ3v) is 2.43. The summed E-state index contributed by atoms with van der Waals surface area (Å²) >= 11 is 0. The topological polar surface area (TPSA) is 102 Å². The molecule has 7 heteroatoms. The number of anilines is 2. The van der Waals surface area contributed by atoms with Crippen molar-refractivity contribution in [3.05, 3.63) is 23.7 Å². The third kappa shape index (κ3) is 2.27. The lowest BCUT2D eigenvalue weighted by atomic mass is 10.3. The zero-order valence-electron chi connectivity index (χ0n) is 9.69. The number of nitrogens with one attached hydrogen (secondary N) is 2. The summed E-state index contributed by atoms with van der Waals surface area (Å²) < 4.78 is 5.11. The molecular formula is C10H14N6O. The Morgan fingerprint density at radius 2 is 2.29 bits per heavy atom. The first kappa shape index (κ1) is 11.2. The third-order valence-electron chi connectivity index (χ3n) is 2.43. The van der Waals surface area contributed by atoms with Crippen LogP contribution in [0, 0.1) is 6.92 Å². The van der Waals surface area contributed by atoms with E-state index >= 15 is 0 Å². The second-order valence-electron chi connectivity index (χ2n) is 3.52. The van der Waals surface area contributed by atoms with Crippen molar-refractivity contribution in [3.63, 3.8) is 0 Å². The molecule has 2 rings (SSSR count). The molecule has 0 radical (unpaired) electrons. The van der Waals surface area contributed by atoms with Gasteiger partial charge in [0.15, 0.2) is 0 Å². The Labute approximate surface area is 98.4 Å². The number of nitrogens with zero attached hydrogens (tertiary/aromatic N) is 3. The van der Waals surface area contributed by atoms with Gasteiger partial charge in [-0.15, -0.1) is 0 Å². The maximum Gasteiger partial charge on any atom is 0.221 e. The number of nitrogens with two attached hydrogens (primary N) is 1. The van der Waals surface area contributed by atoms with Gasteiger partial charge in [-0.3, -0.25) is 5.10 Å². The van der Waals surface area contributed by atoms with Gasteiger partial charge in [0, 0.05) is 12.1 Å². The molecule has 4 N–H and O–H groups in total. The highest BCUT2D eigenvalue weighted by Gasteiger charge is 2.07. The highest BCUT2D eigenvalue weighted by Crippen LogP contribution is 2.20. The Bertz CT molecular complexity index is 509. The molecule has 0 fully saturated rings. The van der Waals surface area contributed by atoms with Gasteiger partial charge < -0.3 is 15.8 Å². The van der Waals surface area contributed by atoms with E-state index in [-0.39, 0.29) is 0 Å². The van der Waals surface area contributed by atoms with Gasteiger partial charge in [0.25, 0.3) is 0 Å². The standard InChI is InChI=1S/C10H14N6O/c1-6-9(13-5-14-10(6)17-2)12-3-7-4-15-16-8(7)11/h4-5H,3H2,1-2H3,(H3,11,15,16)(H,12,13,14). The van der Waals surface area contributed by atoms with Crippen molar-refractivity contribution in [1.82, 2.24) is 20.2 Å². The fraction of sp³-hybridized carbons (Fsp3) is 0.300. The first-order valence-corrected chi connectivity index (χ1v) is 5.09. The normalized spacial score (nSPS) is 10.2. The van der Waals surface area contributed by atoms with Crippen LogP contribution in [0.2, 0.25) is 0 Å². The summed E-state index contributed by atoms with van der Waals surface area (Å²) in [6, 6.07) is 0. The van der Waals surface area contributed by atoms with E-state index < -0.39 is 0 Å². The van der Waals surface area contributed by atoms with Crippen molar-refractivity contribution in [2.24, 2.45) is 0 Å². The maximum absolute atomic E-state index is 5.68. The number of aromatic amines is 1. The number of ether oxygens (including phenoxy) is 1. The zero-order valence-corrected chi connectivity index (χ0v) is 9.69. The van der Waals surface area contributed by atoms with Gasteiger partial charge in [-0.1, -0.05) is 0 Å². The van der Waals surface area contributed by atoms with Gasteiger partial charge in [-0.2, -0.15) is 5.10 Å². The molecule has 17 heavy (non-hydrogen) atoms. The molecule has 2 heterocycles. The van der Waals surface area contributed by atoms with Crippen molar-refractivity contribution in [2.75, 3.05) is 18.2 Å². The number of nitrogen functional groups attached to an aromatic ring is 1. The Morgan fingerprint density at radius 3 is 2.94 bits per heavy atom. The van der Waals surface area contributed by atoms with Crippen LogP contribution in [0.15, 0.2) is 12.5 Å². The molecule has 0 amide bonds. The molecule has 0 bridgehead atoms. The Balaban J connectivity index is 2.12. The van der Waals surface area contributed by atoms with Crippen molar-refractivity contribution in [3.8, 4) is 5.88 Å². The lowest BCUT2D eigenvalue weighted by Gasteiger charge is -2.09. The Kier molecular flexibility index (Phi) is 3.08. The molecule has 0 aliphatic carbocycles. The van der Waals surface area contributed by atoms with E-state index in [0.717, 1.165) is 16.9 Å². The SMILES string of the molecule is COc1ncnc(NCc2cn[nH]c2N)c1C. The van der Waals surface area contributed by atoms with E-state index in [2.05, 4.69) is 25.5 Å². The lowest BCUT2D eigenvalue weighted by Crippen LogP contribution is -2.06. The maximum atomic E-state index is 5.68. The number of hydrogen-bond acceptors (Lipinski definition) is 6. The smallest absolute Gasteiger partial charge is 0.221 e. The predicted octanol–water partition coefficient (Wildman–Crippen LogP) is 0.711. The molecule has 7 nitrogen and oxygen atoms in total. The quantitative estimate of drug-likeness (QED) is 0.720. The summed E-state index contributed by atoms with van der Waals surface area (Å²) in [5, 5.41) is 9.67. The van der Waals surface area contributed by atoms with Crippen LogP contribution in [0.4, 0.5) is 11.6 Å². The van der Waals surface area contributed by atoms with Crippen LogP contribution in [0.1, 0.15) is 11.1 Å². The van der Waals surface area contributed by atoms with Crippen LogP contribution in [0.25, 0.3) is 0 Å². The van der Waals surface area contributed by atoms with Crippen LogP contribution in [-0.4, -0.2) is 27.3 Å². The molecule has 0 aliphatic heterocycles. The molecule has 0 atom stereocenters. The van der Waals surface area contributed by atoms with Crippen LogP contribution in [-0.2, 0) is 6.54 Å². The number of H-pyrrole nitrogens is 1. The zero-order chi connectivity index (χ0) is 12.3. The minimum Gasteiger partial charge on any atom is -0.481 e. The van der Waals surface area contributed by atoms with Crippen LogP contribution < -0.4 is 15.8 Å². The fourth-order valence-electron chi connectivity index (χ4n) is 1.46. The minimum atomic E-state index is 0.545. The molecule has 0 spiro atoms. The molecular weight excluding hydrogens is 220 g/mol. The van der Waals surface area contributed by atoms with Gasteiger partial charge in [-0.25, -0.2) is 9.97 Å². The van der Waals surface area contributed by atoms with Crippen LogP contribution in [0.3, 0.4) is 0 Å².